The maximum absolute atomic E-state index is 14.8. The van der Waals surface area contributed by atoms with E-state index in [0.717, 1.165) is 13.0 Å². The van der Waals surface area contributed by atoms with Gasteiger partial charge in [-0.1, -0.05) is 42.5 Å². The van der Waals surface area contributed by atoms with Crippen LogP contribution in [0, 0.1) is 6.92 Å². The number of hydrogen-bond donors (Lipinski definition) is 4. The second kappa shape index (κ2) is 12.0. The molecule has 2 aromatic rings. The second-order valence-electron chi connectivity index (χ2n) is 9.31. The van der Waals surface area contributed by atoms with Gasteiger partial charge in [0.25, 0.3) is 17.7 Å². The van der Waals surface area contributed by atoms with Crippen molar-refractivity contribution in [2.24, 2.45) is 0 Å². The summed E-state index contributed by atoms with van der Waals surface area (Å²) in [5.41, 5.74) is -0.122. The van der Waals surface area contributed by atoms with Gasteiger partial charge >= 0.3 is 6.18 Å². The Morgan fingerprint density at radius 3 is 2.38 bits per heavy atom. The van der Waals surface area contributed by atoms with Gasteiger partial charge in [-0.2, -0.15) is 22.0 Å². The van der Waals surface area contributed by atoms with Gasteiger partial charge in [0.15, 0.2) is 6.10 Å². The van der Waals surface area contributed by atoms with Crippen LogP contribution in [0.15, 0.2) is 60.2 Å². The van der Waals surface area contributed by atoms with Crippen LogP contribution >= 0.6 is 0 Å². The van der Waals surface area contributed by atoms with Crippen LogP contribution in [0.5, 0.6) is 5.75 Å². The van der Waals surface area contributed by atoms with E-state index in [1.165, 1.54) is 30.4 Å². The highest BCUT2D eigenvalue weighted by Crippen LogP contribution is 2.38. The molecule has 1 heterocycles. The van der Waals surface area contributed by atoms with Gasteiger partial charge < -0.3 is 25.7 Å². The quantitative estimate of drug-likeness (QED) is 0.288. The Morgan fingerprint density at radius 2 is 1.77 bits per heavy atom. The number of aliphatic hydroxyl groups excluding tert-OH is 1. The summed E-state index contributed by atoms with van der Waals surface area (Å²) >= 11 is 0. The Labute approximate surface area is 226 Å². The summed E-state index contributed by atoms with van der Waals surface area (Å²) in [6.07, 6.45) is -6.32. The molecule has 1 aliphatic rings. The maximum atomic E-state index is 14.8. The summed E-state index contributed by atoms with van der Waals surface area (Å²) in [6.45, 7) is -0.573. The number of hydrogen-bond acceptors (Lipinski definition) is 5. The van der Waals surface area contributed by atoms with Crippen LogP contribution in [0.3, 0.4) is 0 Å². The molecule has 4 N–H and O–H groups in total. The first-order chi connectivity index (χ1) is 18.7. The summed E-state index contributed by atoms with van der Waals surface area (Å²) in [6, 6.07) is 8.88. The minimum absolute atomic E-state index is 0.0195. The lowest BCUT2D eigenvalue weighted by molar-refractivity contribution is -0.149. The van der Waals surface area contributed by atoms with Crippen molar-refractivity contribution in [3.8, 4) is 5.75 Å². The number of carbonyl (C=O) groups excluding carboxylic acids is 3. The summed E-state index contributed by atoms with van der Waals surface area (Å²) in [4.78, 5) is 39.4. The third kappa shape index (κ3) is 6.95. The predicted octanol–water partition coefficient (Wildman–Crippen LogP) is 2.87. The average molecular weight is 570 g/mol. The van der Waals surface area contributed by atoms with Gasteiger partial charge in [-0.05, 0) is 38.0 Å². The second-order valence-corrected chi connectivity index (χ2v) is 9.31. The van der Waals surface area contributed by atoms with Crippen molar-refractivity contribution in [3.05, 3.63) is 76.9 Å². The topological polar surface area (TPSA) is 119 Å². The smallest absolute Gasteiger partial charge is 0.405 e. The number of benzene rings is 2. The first kappa shape index (κ1) is 30.5. The molecule has 3 rings (SSSR count). The first-order valence-corrected chi connectivity index (χ1v) is 12.2. The molecule has 8 nitrogen and oxygen atoms in total. The lowest BCUT2D eigenvalue weighted by Crippen LogP contribution is -2.56. The molecule has 3 unspecified atom stereocenters. The molecule has 1 fully saturated rings. The fourth-order valence-electron chi connectivity index (χ4n) is 4.47. The molecule has 40 heavy (non-hydrogen) atoms. The Hall–Kier alpha value is -4.00. The maximum Gasteiger partial charge on any atom is 0.405 e. The Kier molecular flexibility index (Phi) is 9.18. The van der Waals surface area contributed by atoms with Crippen LogP contribution in [0.2, 0.25) is 0 Å². The number of aromatic hydroxyl groups is 1. The van der Waals surface area contributed by atoms with Crippen LogP contribution in [-0.2, 0) is 16.0 Å². The molecule has 1 aliphatic heterocycles. The molecule has 1 saturated heterocycles. The number of phenols is 1. The number of amides is 3. The molecule has 0 saturated carbocycles. The number of nitrogens with one attached hydrogen (secondary N) is 2. The Bertz CT molecular complexity index is 1280. The van der Waals surface area contributed by atoms with Gasteiger partial charge in [0.05, 0.1) is 12.6 Å². The number of phenolic OH excluding ortho intramolecular Hbond substituents is 1. The van der Waals surface area contributed by atoms with Crippen LogP contribution in [0.25, 0.3) is 0 Å². The van der Waals surface area contributed by atoms with Crippen molar-refractivity contribution in [1.29, 1.82) is 0 Å². The minimum Gasteiger partial charge on any atom is -0.508 e. The van der Waals surface area contributed by atoms with Gasteiger partial charge in [-0.25, -0.2) is 0 Å². The summed E-state index contributed by atoms with van der Waals surface area (Å²) in [5, 5.41) is 25.0. The normalized spacial score (nSPS) is 19.2. The highest BCUT2D eigenvalue weighted by atomic mass is 19.4. The zero-order chi connectivity index (χ0) is 29.8. The molecule has 13 heteroatoms. The zero-order valence-electron chi connectivity index (χ0n) is 21.5. The third-order valence-electron chi connectivity index (χ3n) is 6.50. The molecular weight excluding hydrogens is 541 g/mol. The standard InChI is InChI=1S/C27H28F5N3O5/c1-3-18-21(24(39)33-13-27(30,31)32)35(14-26(18,28)29)25(40)22(37)19(12-16-8-5-4-6-9-16)34-23(38)17-10-7-11-20(36)15(17)2/h3-11,19,21-22,36-37H,12-14H2,1-2H3,(H,33,39)(H,34,38)/b18-3-. The highest BCUT2D eigenvalue weighted by Gasteiger charge is 2.55. The van der Waals surface area contributed by atoms with Crippen molar-refractivity contribution in [3.63, 3.8) is 0 Å². The molecule has 3 atom stereocenters. The van der Waals surface area contributed by atoms with Crippen LogP contribution in [-0.4, -0.2) is 76.2 Å². The van der Waals surface area contributed by atoms with E-state index in [9.17, 15) is 46.5 Å². The van der Waals surface area contributed by atoms with E-state index in [1.54, 1.807) is 30.3 Å². The van der Waals surface area contributed by atoms with Crippen molar-refractivity contribution in [1.82, 2.24) is 15.5 Å². The Balaban J connectivity index is 1.94. The van der Waals surface area contributed by atoms with Crippen molar-refractivity contribution in [2.45, 2.75) is 50.6 Å². The molecule has 216 valence electrons. The van der Waals surface area contributed by atoms with Gasteiger partial charge in [0.2, 0.25) is 5.91 Å². The van der Waals surface area contributed by atoms with Crippen molar-refractivity contribution >= 4 is 17.7 Å². The van der Waals surface area contributed by atoms with E-state index >= 15 is 0 Å². The van der Waals surface area contributed by atoms with Crippen LogP contribution in [0.1, 0.15) is 28.4 Å². The van der Waals surface area contributed by atoms with Crippen LogP contribution < -0.4 is 10.6 Å². The molecule has 0 spiro atoms. The predicted molar refractivity (Wildman–Crippen MR) is 134 cm³/mol. The van der Waals surface area contributed by atoms with Gasteiger partial charge in [-0.3, -0.25) is 14.4 Å². The number of allylic oxidation sites excluding steroid dienone is 1. The minimum atomic E-state index is -4.84. The van der Waals surface area contributed by atoms with E-state index in [4.69, 9.17) is 0 Å². The number of halogens is 5. The molecule has 0 bridgehead atoms. The largest absolute Gasteiger partial charge is 0.508 e. The summed E-state index contributed by atoms with van der Waals surface area (Å²) in [5.74, 6) is -7.63. The van der Waals surface area contributed by atoms with E-state index in [1.807, 2.05) is 0 Å². The fourth-order valence-corrected chi connectivity index (χ4v) is 4.47. The molecule has 3 amide bonds. The average Bonchev–Trinajstić information content (AvgIpc) is 3.17. The lowest BCUT2D eigenvalue weighted by Gasteiger charge is -2.30. The fraction of sp³-hybridized carbons (Fsp3) is 0.370. The number of aliphatic hydroxyl groups is 1. The molecular formula is C27H28F5N3O5. The highest BCUT2D eigenvalue weighted by molar-refractivity contribution is 5.97. The van der Waals surface area contributed by atoms with Gasteiger partial charge in [0.1, 0.15) is 18.3 Å². The van der Waals surface area contributed by atoms with Crippen molar-refractivity contribution < 1.29 is 46.5 Å². The van der Waals surface area contributed by atoms with E-state index in [-0.39, 0.29) is 23.3 Å². The summed E-state index contributed by atoms with van der Waals surface area (Å²) in [7, 11) is 0. The number of alkyl halides is 5. The van der Waals surface area contributed by atoms with E-state index in [2.05, 4.69) is 5.32 Å². The number of rotatable bonds is 8. The van der Waals surface area contributed by atoms with E-state index in [0.29, 0.717) is 10.5 Å². The SMILES string of the molecule is C/C=C1/C(C(=O)NCC(F)(F)F)N(C(=O)C(O)C(Cc2ccccc2)NC(=O)c2cccc(O)c2C)CC1(F)F. The van der Waals surface area contributed by atoms with Gasteiger partial charge in [-0.15, -0.1) is 0 Å². The zero-order valence-corrected chi connectivity index (χ0v) is 21.5. The first-order valence-electron chi connectivity index (χ1n) is 12.2. The van der Waals surface area contributed by atoms with Crippen molar-refractivity contribution in [2.75, 3.05) is 13.1 Å². The summed E-state index contributed by atoms with van der Waals surface area (Å²) < 4.78 is 67.7. The molecule has 2 aromatic carbocycles. The van der Waals surface area contributed by atoms with Crippen LogP contribution in [0.4, 0.5) is 22.0 Å². The number of likely N-dealkylation sites (tertiary alicyclic amines) is 1. The third-order valence-corrected chi connectivity index (χ3v) is 6.50. The number of nitrogens with zero attached hydrogens (tertiary/aromatic N) is 1. The lowest BCUT2D eigenvalue weighted by atomic mass is 9.98. The van der Waals surface area contributed by atoms with E-state index < -0.39 is 66.7 Å². The monoisotopic (exact) mass is 569 g/mol. The molecule has 0 aromatic heterocycles. The number of carbonyl (C=O) groups is 3. The molecule has 0 aliphatic carbocycles. The van der Waals surface area contributed by atoms with Gasteiger partial charge in [0, 0.05) is 16.7 Å². The Morgan fingerprint density at radius 1 is 1.12 bits per heavy atom. The molecule has 0 radical (unpaired) electrons.